The average Bonchev–Trinajstić information content (AvgIpc) is 3.41. The molecule has 0 unspecified atom stereocenters. The minimum atomic E-state index is -0.301. The van der Waals surface area contributed by atoms with Gasteiger partial charge in [0.1, 0.15) is 19.0 Å². The van der Waals surface area contributed by atoms with Crippen molar-refractivity contribution in [3.63, 3.8) is 0 Å². The molecular formula is C37H47N5O5. The molecule has 0 bridgehead atoms. The minimum absolute atomic E-state index is 0.168. The predicted octanol–water partition coefficient (Wildman–Crippen LogP) is 4.91. The standard InChI is InChI=1S/C37H47N5O5/c1-38(2)22-24-40(5)36(43)32-34(46-26-28-14-10-8-11-15-28)35(47-27-29-16-12-9-13-17-29)33(37(44)41(6)25-23-39(3)4)42(32)30-18-20-31(45-7)21-19-30/h8-21H,22-27H2,1-7H3. The lowest BCUT2D eigenvalue weighted by molar-refractivity contribution is 0.0768. The van der Waals surface area contributed by atoms with Gasteiger partial charge in [-0.2, -0.15) is 0 Å². The second kappa shape index (κ2) is 16.7. The summed E-state index contributed by atoms with van der Waals surface area (Å²) in [5.41, 5.74) is 2.83. The minimum Gasteiger partial charge on any atom is -0.497 e. The maximum atomic E-state index is 14.5. The van der Waals surface area contributed by atoms with Gasteiger partial charge in [-0.15, -0.1) is 0 Å². The Morgan fingerprint density at radius 2 is 0.979 bits per heavy atom. The van der Waals surface area contributed by atoms with Crippen LogP contribution in [0.1, 0.15) is 32.1 Å². The number of ether oxygens (including phenoxy) is 3. The Balaban J connectivity index is 1.98. The van der Waals surface area contributed by atoms with Crippen LogP contribution >= 0.6 is 0 Å². The molecule has 0 saturated carbocycles. The molecule has 1 heterocycles. The maximum absolute atomic E-state index is 14.5. The lowest BCUT2D eigenvalue weighted by atomic mass is 10.2. The van der Waals surface area contributed by atoms with Crippen LogP contribution in [0.5, 0.6) is 17.2 Å². The number of carbonyl (C=O) groups excluding carboxylic acids is 2. The second-order valence-electron chi connectivity index (χ2n) is 12.0. The first-order chi connectivity index (χ1) is 22.6. The van der Waals surface area contributed by atoms with Gasteiger partial charge in [0.2, 0.25) is 0 Å². The lowest BCUT2D eigenvalue weighted by Crippen LogP contribution is -2.36. The van der Waals surface area contributed by atoms with E-state index in [-0.39, 0.29) is 47.9 Å². The van der Waals surface area contributed by atoms with E-state index < -0.39 is 0 Å². The summed E-state index contributed by atoms with van der Waals surface area (Å²) >= 11 is 0. The van der Waals surface area contributed by atoms with Crippen LogP contribution in [0.4, 0.5) is 0 Å². The van der Waals surface area contributed by atoms with Crippen molar-refractivity contribution >= 4 is 11.8 Å². The number of hydrogen-bond acceptors (Lipinski definition) is 7. The van der Waals surface area contributed by atoms with Gasteiger partial charge in [-0.1, -0.05) is 60.7 Å². The zero-order valence-electron chi connectivity index (χ0n) is 28.6. The van der Waals surface area contributed by atoms with Gasteiger partial charge in [0, 0.05) is 46.0 Å². The molecule has 0 saturated heterocycles. The molecule has 0 spiro atoms. The smallest absolute Gasteiger partial charge is 0.274 e. The van der Waals surface area contributed by atoms with E-state index >= 15 is 0 Å². The normalized spacial score (nSPS) is 11.1. The summed E-state index contributed by atoms with van der Waals surface area (Å²) in [5.74, 6) is 0.475. The number of hydrogen-bond donors (Lipinski definition) is 0. The summed E-state index contributed by atoms with van der Waals surface area (Å²) in [6.07, 6.45) is 0. The molecule has 4 rings (SSSR count). The Kier molecular flexibility index (Phi) is 12.4. The first-order valence-electron chi connectivity index (χ1n) is 15.7. The lowest BCUT2D eigenvalue weighted by Gasteiger charge is -2.23. The Hall–Kier alpha value is -4.80. The fourth-order valence-corrected chi connectivity index (χ4v) is 4.90. The Labute approximate surface area is 278 Å². The van der Waals surface area contributed by atoms with Gasteiger partial charge in [-0.3, -0.25) is 14.2 Å². The van der Waals surface area contributed by atoms with Gasteiger partial charge >= 0.3 is 0 Å². The Morgan fingerprint density at radius 3 is 1.34 bits per heavy atom. The molecule has 47 heavy (non-hydrogen) atoms. The van der Waals surface area contributed by atoms with Crippen molar-refractivity contribution in [2.24, 2.45) is 0 Å². The highest BCUT2D eigenvalue weighted by Crippen LogP contribution is 2.43. The molecule has 4 aromatic rings. The molecule has 2 amide bonds. The maximum Gasteiger partial charge on any atom is 0.274 e. The van der Waals surface area contributed by atoms with E-state index in [1.54, 1.807) is 47.7 Å². The summed E-state index contributed by atoms with van der Waals surface area (Å²) in [7, 11) is 13.0. The predicted molar refractivity (Wildman–Crippen MR) is 185 cm³/mol. The van der Waals surface area contributed by atoms with Crippen molar-refractivity contribution in [1.29, 1.82) is 0 Å². The number of aromatic nitrogens is 1. The Morgan fingerprint density at radius 1 is 0.574 bits per heavy atom. The molecule has 0 atom stereocenters. The van der Waals surface area contributed by atoms with Gasteiger partial charge in [0.05, 0.1) is 7.11 Å². The third-order valence-corrected chi connectivity index (χ3v) is 7.73. The molecule has 0 aliphatic heterocycles. The van der Waals surface area contributed by atoms with E-state index in [0.717, 1.165) is 11.1 Å². The van der Waals surface area contributed by atoms with Crippen LogP contribution in [0, 0.1) is 0 Å². The van der Waals surface area contributed by atoms with E-state index in [1.165, 1.54) is 0 Å². The van der Waals surface area contributed by atoms with Crippen LogP contribution < -0.4 is 14.2 Å². The van der Waals surface area contributed by atoms with E-state index in [9.17, 15) is 9.59 Å². The molecule has 3 aromatic carbocycles. The molecule has 250 valence electrons. The molecule has 0 radical (unpaired) electrons. The van der Waals surface area contributed by atoms with E-state index in [4.69, 9.17) is 14.2 Å². The molecule has 0 N–H and O–H groups in total. The zero-order chi connectivity index (χ0) is 33.9. The fourth-order valence-electron chi connectivity index (χ4n) is 4.90. The molecule has 0 aliphatic carbocycles. The fraction of sp³-hybridized carbons (Fsp3) is 0.351. The van der Waals surface area contributed by atoms with Crippen LogP contribution in [-0.2, 0) is 13.2 Å². The van der Waals surface area contributed by atoms with Crippen LogP contribution in [-0.4, -0.2) is 112 Å². The van der Waals surface area contributed by atoms with E-state index in [1.807, 2.05) is 111 Å². The SMILES string of the molecule is COc1ccc(-n2c(C(=O)N(C)CCN(C)C)c(OCc3ccccc3)c(OCc3ccccc3)c2C(=O)N(C)CCN(C)C)cc1. The summed E-state index contributed by atoms with van der Waals surface area (Å²) in [4.78, 5) is 36.4. The van der Waals surface area contributed by atoms with Crippen LogP contribution in [0.3, 0.4) is 0 Å². The van der Waals surface area contributed by atoms with Crippen LogP contribution in [0.2, 0.25) is 0 Å². The number of nitrogens with zero attached hydrogens (tertiary/aromatic N) is 5. The zero-order valence-corrected chi connectivity index (χ0v) is 28.6. The molecule has 0 fully saturated rings. The largest absolute Gasteiger partial charge is 0.497 e. The molecule has 10 nitrogen and oxygen atoms in total. The average molecular weight is 642 g/mol. The number of amides is 2. The van der Waals surface area contributed by atoms with Gasteiger partial charge in [0.25, 0.3) is 11.8 Å². The van der Waals surface area contributed by atoms with E-state index in [0.29, 0.717) is 37.6 Å². The highest BCUT2D eigenvalue weighted by atomic mass is 16.5. The highest BCUT2D eigenvalue weighted by molar-refractivity contribution is 6.04. The third kappa shape index (κ3) is 9.15. The second-order valence-corrected chi connectivity index (χ2v) is 12.0. The molecule has 10 heteroatoms. The first kappa shape index (κ1) is 35.1. The highest BCUT2D eigenvalue weighted by Gasteiger charge is 2.36. The summed E-state index contributed by atoms with van der Waals surface area (Å²) in [6.45, 7) is 2.57. The van der Waals surface area contributed by atoms with Gasteiger partial charge < -0.3 is 33.8 Å². The number of benzene rings is 3. The molecule has 0 aliphatic rings. The monoisotopic (exact) mass is 641 g/mol. The first-order valence-corrected chi connectivity index (χ1v) is 15.7. The number of likely N-dealkylation sites (N-methyl/N-ethyl adjacent to an activating group) is 4. The van der Waals surface area contributed by atoms with Gasteiger partial charge in [0.15, 0.2) is 22.9 Å². The number of rotatable bonds is 16. The van der Waals surface area contributed by atoms with Crippen LogP contribution in [0.25, 0.3) is 5.69 Å². The Bertz CT molecular complexity index is 1490. The van der Waals surface area contributed by atoms with Crippen molar-refractivity contribution in [2.75, 3.05) is 75.6 Å². The number of carbonyl (C=O) groups is 2. The van der Waals surface area contributed by atoms with Gasteiger partial charge in [-0.25, -0.2) is 0 Å². The summed E-state index contributed by atoms with van der Waals surface area (Å²) in [5, 5.41) is 0. The quantitative estimate of drug-likeness (QED) is 0.172. The van der Waals surface area contributed by atoms with Crippen molar-refractivity contribution in [3.8, 4) is 22.9 Å². The van der Waals surface area contributed by atoms with Gasteiger partial charge in [-0.05, 0) is 63.6 Å². The van der Waals surface area contributed by atoms with Crippen molar-refractivity contribution in [2.45, 2.75) is 13.2 Å². The van der Waals surface area contributed by atoms with Crippen molar-refractivity contribution in [1.82, 2.24) is 24.2 Å². The van der Waals surface area contributed by atoms with Crippen LogP contribution in [0.15, 0.2) is 84.9 Å². The number of methoxy groups -OCH3 is 1. The molecule has 1 aromatic heterocycles. The topological polar surface area (TPSA) is 79.7 Å². The molecular weight excluding hydrogens is 594 g/mol. The third-order valence-electron chi connectivity index (χ3n) is 7.73. The van der Waals surface area contributed by atoms with E-state index in [2.05, 4.69) is 0 Å². The van der Waals surface area contributed by atoms with Crippen molar-refractivity contribution < 1.29 is 23.8 Å². The van der Waals surface area contributed by atoms with Crippen molar-refractivity contribution in [3.05, 3.63) is 107 Å². The summed E-state index contributed by atoms with van der Waals surface area (Å²) < 4.78 is 20.2. The summed E-state index contributed by atoms with van der Waals surface area (Å²) in [6, 6.07) is 26.7.